The largest absolute Gasteiger partial charge is 0.872 e. The van der Waals surface area contributed by atoms with Crippen LogP contribution < -0.4 is 5.11 Å². The Bertz CT molecular complexity index is 580. The number of hydrogen-bond acceptors (Lipinski definition) is 4. The lowest BCUT2D eigenvalue weighted by Crippen LogP contribution is -2.05. The van der Waals surface area contributed by atoms with Crippen molar-refractivity contribution in [1.82, 2.24) is 0 Å². The molecule has 0 aromatic heterocycles. The lowest BCUT2D eigenvalue weighted by Gasteiger charge is -2.13. The Balaban J connectivity index is 2.83. The minimum absolute atomic E-state index is 0.0889. The van der Waals surface area contributed by atoms with E-state index in [1.54, 1.807) is 18.2 Å². The third kappa shape index (κ3) is 4.57. The van der Waals surface area contributed by atoms with E-state index >= 15 is 0 Å². The van der Waals surface area contributed by atoms with E-state index in [0.29, 0.717) is 6.29 Å². The van der Waals surface area contributed by atoms with Crippen LogP contribution in [0.2, 0.25) is 0 Å². The van der Waals surface area contributed by atoms with Gasteiger partial charge in [-0.05, 0) is 30.7 Å². The molecule has 0 aliphatic carbocycles. The van der Waals surface area contributed by atoms with Gasteiger partial charge in [-0.2, -0.15) is 0 Å². The van der Waals surface area contributed by atoms with Gasteiger partial charge < -0.3 is 10.2 Å². The fourth-order valence-electron chi connectivity index (χ4n) is 1.60. The van der Waals surface area contributed by atoms with Gasteiger partial charge in [0.05, 0.1) is 0 Å². The molecular formula is C16H15O4-. The predicted molar refractivity (Wildman–Crippen MR) is 74.7 cm³/mol. The monoisotopic (exact) mass is 271 g/mol. The van der Waals surface area contributed by atoms with Crippen molar-refractivity contribution in [1.29, 1.82) is 0 Å². The lowest BCUT2D eigenvalue weighted by molar-refractivity contribution is -0.268. The molecule has 1 aromatic carbocycles. The Morgan fingerprint density at radius 3 is 2.60 bits per heavy atom. The first-order valence-electron chi connectivity index (χ1n) is 6.05. The van der Waals surface area contributed by atoms with E-state index in [4.69, 9.17) is 0 Å². The molecule has 0 radical (unpaired) electrons. The molecule has 0 heterocycles. The molecule has 4 heteroatoms. The number of carbonyl (C=O) groups is 2. The van der Waals surface area contributed by atoms with Crippen molar-refractivity contribution in [3.63, 3.8) is 0 Å². The Labute approximate surface area is 117 Å². The summed E-state index contributed by atoms with van der Waals surface area (Å²) in [6.07, 6.45) is 10.4. The molecule has 1 rings (SSSR count). The van der Waals surface area contributed by atoms with Crippen LogP contribution in [0.3, 0.4) is 0 Å². The van der Waals surface area contributed by atoms with Gasteiger partial charge in [0.25, 0.3) is 0 Å². The Morgan fingerprint density at radius 2 is 1.95 bits per heavy atom. The lowest BCUT2D eigenvalue weighted by atomic mass is 10.0. The van der Waals surface area contributed by atoms with Gasteiger partial charge >= 0.3 is 0 Å². The molecular weight excluding hydrogens is 256 g/mol. The summed E-state index contributed by atoms with van der Waals surface area (Å²) in [7, 11) is 0. The molecule has 0 saturated heterocycles. The molecule has 0 spiro atoms. The topological polar surface area (TPSA) is 77.4 Å². The van der Waals surface area contributed by atoms with Crippen LogP contribution in [0.1, 0.15) is 22.8 Å². The molecule has 104 valence electrons. The van der Waals surface area contributed by atoms with E-state index < -0.39 is 5.75 Å². The molecule has 0 atom stereocenters. The van der Waals surface area contributed by atoms with Crippen molar-refractivity contribution >= 4 is 12.1 Å². The minimum atomic E-state index is -0.584. The van der Waals surface area contributed by atoms with Crippen LogP contribution in [-0.2, 0) is 11.2 Å². The summed E-state index contributed by atoms with van der Waals surface area (Å²) < 4.78 is 0. The number of aldehydes is 1. The number of allylic oxidation sites excluding steroid dienone is 6. The molecule has 1 N–H and O–H groups in total. The molecule has 0 fully saturated rings. The number of rotatable bonds is 6. The van der Waals surface area contributed by atoms with Crippen molar-refractivity contribution in [3.05, 3.63) is 59.7 Å². The van der Waals surface area contributed by atoms with Gasteiger partial charge in [0.2, 0.25) is 0 Å². The van der Waals surface area contributed by atoms with Crippen LogP contribution in [0.4, 0.5) is 0 Å². The SMILES string of the molecule is C/C=C/C=C/C=C/C(=O)Cc1cc(O)cc([O-])c1C=O. The van der Waals surface area contributed by atoms with Crippen LogP contribution in [0.25, 0.3) is 0 Å². The molecule has 1 aromatic rings. The van der Waals surface area contributed by atoms with E-state index in [1.807, 2.05) is 19.1 Å². The predicted octanol–water partition coefficient (Wildman–Crippen LogP) is 2.08. The summed E-state index contributed by atoms with van der Waals surface area (Å²) in [4.78, 5) is 22.5. The summed E-state index contributed by atoms with van der Waals surface area (Å²) in [5.41, 5.74) is 0.145. The van der Waals surface area contributed by atoms with Gasteiger partial charge in [-0.1, -0.05) is 36.1 Å². The molecule has 0 amide bonds. The quantitative estimate of drug-likeness (QED) is 0.488. The van der Waals surface area contributed by atoms with Crippen LogP contribution in [-0.4, -0.2) is 17.2 Å². The summed E-state index contributed by atoms with van der Waals surface area (Å²) in [6.45, 7) is 1.88. The second-order valence-electron chi connectivity index (χ2n) is 4.05. The van der Waals surface area contributed by atoms with Crippen LogP contribution in [0.15, 0.2) is 48.6 Å². The number of ketones is 1. The fourth-order valence-corrected chi connectivity index (χ4v) is 1.60. The Hall–Kier alpha value is -2.62. The average Bonchev–Trinajstić information content (AvgIpc) is 2.38. The number of phenolic OH excluding ortho intramolecular Hbond substituents is 1. The summed E-state index contributed by atoms with van der Waals surface area (Å²) >= 11 is 0. The second-order valence-corrected chi connectivity index (χ2v) is 4.05. The van der Waals surface area contributed by atoms with Crippen LogP contribution >= 0.6 is 0 Å². The number of benzene rings is 1. The van der Waals surface area contributed by atoms with Gasteiger partial charge in [0.1, 0.15) is 12.0 Å². The maximum absolute atomic E-state index is 11.7. The number of carbonyl (C=O) groups excluding carboxylic acids is 2. The fraction of sp³-hybridized carbons (Fsp3) is 0.125. The van der Waals surface area contributed by atoms with Crippen LogP contribution in [0, 0.1) is 0 Å². The highest BCUT2D eigenvalue weighted by Gasteiger charge is 2.08. The summed E-state index contributed by atoms with van der Waals surface area (Å²) in [5.74, 6) is -1.09. The number of hydrogen-bond donors (Lipinski definition) is 1. The first kappa shape index (κ1) is 15.4. The highest BCUT2D eigenvalue weighted by molar-refractivity contribution is 5.94. The van der Waals surface area contributed by atoms with Crippen molar-refractivity contribution in [2.24, 2.45) is 0 Å². The average molecular weight is 271 g/mol. The van der Waals surface area contributed by atoms with Gasteiger partial charge in [0, 0.05) is 12.0 Å². The zero-order valence-electron chi connectivity index (χ0n) is 11.1. The van der Waals surface area contributed by atoms with E-state index in [2.05, 4.69) is 0 Å². The van der Waals surface area contributed by atoms with Crippen LogP contribution in [0.5, 0.6) is 11.5 Å². The molecule has 0 saturated carbocycles. The van der Waals surface area contributed by atoms with E-state index in [9.17, 15) is 19.8 Å². The van der Waals surface area contributed by atoms with E-state index in [0.717, 1.165) is 6.07 Å². The normalized spacial score (nSPS) is 11.7. The second kappa shape index (κ2) is 7.74. The van der Waals surface area contributed by atoms with Crippen molar-refractivity contribution in [2.75, 3.05) is 0 Å². The molecule has 0 aliphatic heterocycles. The third-order valence-electron chi connectivity index (χ3n) is 2.50. The summed E-state index contributed by atoms with van der Waals surface area (Å²) in [6, 6.07) is 2.21. The maximum Gasteiger partial charge on any atom is 0.160 e. The van der Waals surface area contributed by atoms with Gasteiger partial charge in [-0.3, -0.25) is 9.59 Å². The smallest absolute Gasteiger partial charge is 0.160 e. The molecule has 0 unspecified atom stereocenters. The molecule has 0 bridgehead atoms. The highest BCUT2D eigenvalue weighted by Crippen LogP contribution is 2.24. The number of phenols is 1. The van der Waals surface area contributed by atoms with Gasteiger partial charge in [-0.25, -0.2) is 0 Å². The zero-order chi connectivity index (χ0) is 15.0. The molecule has 0 aliphatic rings. The number of aromatic hydroxyl groups is 1. The van der Waals surface area contributed by atoms with Gasteiger partial charge in [-0.15, -0.1) is 0 Å². The summed E-state index contributed by atoms with van der Waals surface area (Å²) in [5, 5.41) is 20.8. The van der Waals surface area contributed by atoms with E-state index in [1.165, 1.54) is 12.1 Å². The minimum Gasteiger partial charge on any atom is -0.872 e. The van der Waals surface area contributed by atoms with Crippen molar-refractivity contribution in [3.8, 4) is 11.5 Å². The zero-order valence-corrected chi connectivity index (χ0v) is 11.1. The maximum atomic E-state index is 11.7. The third-order valence-corrected chi connectivity index (χ3v) is 2.50. The molecule has 20 heavy (non-hydrogen) atoms. The Kier molecular flexibility index (Phi) is 5.97. The first-order valence-corrected chi connectivity index (χ1v) is 6.05. The van der Waals surface area contributed by atoms with E-state index in [-0.39, 0.29) is 29.1 Å². The Morgan fingerprint density at radius 1 is 1.25 bits per heavy atom. The highest BCUT2D eigenvalue weighted by atomic mass is 16.3. The van der Waals surface area contributed by atoms with Crippen molar-refractivity contribution in [2.45, 2.75) is 13.3 Å². The van der Waals surface area contributed by atoms with Gasteiger partial charge in [0.15, 0.2) is 5.78 Å². The van der Waals surface area contributed by atoms with Crippen molar-refractivity contribution < 1.29 is 19.8 Å². The molecule has 4 nitrogen and oxygen atoms in total. The standard InChI is InChI=1S/C16H16O4/c1-2-3-4-5-6-7-13(18)8-12-9-14(19)10-16(20)15(12)11-17/h2-7,9-11,19-20H,8H2,1H3/p-1/b3-2+,5-4+,7-6+. The first-order chi connectivity index (χ1) is 9.58.